The number of rotatable bonds is 4. The molecule has 0 aliphatic carbocycles. The first-order chi connectivity index (χ1) is 5.65. The summed E-state index contributed by atoms with van der Waals surface area (Å²) in [5, 5.41) is 3.38. The maximum absolute atomic E-state index is 11.2. The minimum atomic E-state index is -0.182. The number of Topliss-reactive ketones (excluding diaryl/α,β-unsaturated/α-hetero) is 1. The molecule has 1 N–H and O–H groups in total. The first-order valence-corrected chi connectivity index (χ1v) is 4.91. The highest BCUT2D eigenvalue weighted by Gasteiger charge is 2.23. The molecule has 2 heteroatoms. The van der Waals surface area contributed by atoms with Crippen molar-refractivity contribution >= 4 is 5.78 Å². The fraction of sp³-hybridized carbons (Fsp3) is 0.909. The van der Waals surface area contributed by atoms with Gasteiger partial charge in [0.2, 0.25) is 0 Å². The molecule has 0 saturated carbocycles. The van der Waals surface area contributed by atoms with Crippen LogP contribution in [0.25, 0.3) is 0 Å². The van der Waals surface area contributed by atoms with E-state index in [4.69, 9.17) is 0 Å². The molecule has 0 radical (unpaired) electrons. The van der Waals surface area contributed by atoms with Gasteiger partial charge >= 0.3 is 0 Å². The first kappa shape index (κ1) is 12.6. The van der Waals surface area contributed by atoms with Gasteiger partial charge in [-0.3, -0.25) is 4.79 Å². The quantitative estimate of drug-likeness (QED) is 0.728. The van der Waals surface area contributed by atoms with E-state index in [9.17, 15) is 4.79 Å². The first-order valence-electron chi connectivity index (χ1n) is 4.91. The van der Waals surface area contributed by atoms with Crippen molar-refractivity contribution in [2.24, 2.45) is 5.41 Å². The molecule has 2 nitrogen and oxygen atoms in total. The van der Waals surface area contributed by atoms with Crippen LogP contribution in [0.2, 0.25) is 0 Å². The van der Waals surface area contributed by atoms with Crippen LogP contribution in [0.5, 0.6) is 0 Å². The van der Waals surface area contributed by atoms with Crippen molar-refractivity contribution in [1.82, 2.24) is 5.32 Å². The summed E-state index contributed by atoms with van der Waals surface area (Å²) < 4.78 is 0. The lowest BCUT2D eigenvalue weighted by Crippen LogP contribution is -2.38. The third-order valence-corrected chi connectivity index (χ3v) is 2.36. The predicted octanol–water partition coefficient (Wildman–Crippen LogP) is 2.38. The van der Waals surface area contributed by atoms with Crippen LogP contribution < -0.4 is 5.32 Å². The molecule has 0 aromatic rings. The Labute approximate surface area is 82.1 Å². The molecule has 0 aromatic heterocycles. The van der Waals surface area contributed by atoms with Gasteiger partial charge in [0.25, 0.3) is 0 Å². The van der Waals surface area contributed by atoms with Crippen LogP contribution in [0.4, 0.5) is 0 Å². The van der Waals surface area contributed by atoms with Crippen LogP contribution >= 0.6 is 0 Å². The van der Waals surface area contributed by atoms with Crippen LogP contribution in [0.3, 0.4) is 0 Å². The van der Waals surface area contributed by atoms with Crippen molar-refractivity contribution < 1.29 is 4.79 Å². The minimum absolute atomic E-state index is 0.146. The monoisotopic (exact) mass is 185 g/mol. The third-order valence-electron chi connectivity index (χ3n) is 2.36. The lowest BCUT2D eigenvalue weighted by Gasteiger charge is -2.25. The van der Waals surface area contributed by atoms with Crippen molar-refractivity contribution in [3.05, 3.63) is 0 Å². The van der Waals surface area contributed by atoms with Crippen LogP contribution in [-0.2, 0) is 4.79 Å². The highest BCUT2D eigenvalue weighted by molar-refractivity contribution is 5.81. The van der Waals surface area contributed by atoms with E-state index in [-0.39, 0.29) is 16.7 Å². The summed E-state index contributed by atoms with van der Waals surface area (Å²) in [6, 6.07) is 0. The lowest BCUT2D eigenvalue weighted by atomic mass is 9.85. The van der Waals surface area contributed by atoms with E-state index in [1.165, 1.54) is 0 Å². The van der Waals surface area contributed by atoms with Gasteiger partial charge in [-0.15, -0.1) is 0 Å². The van der Waals surface area contributed by atoms with Gasteiger partial charge in [0, 0.05) is 11.0 Å². The van der Waals surface area contributed by atoms with Gasteiger partial charge in [0.15, 0.2) is 0 Å². The molecule has 13 heavy (non-hydrogen) atoms. The molecule has 0 bridgehead atoms. The van der Waals surface area contributed by atoms with Crippen molar-refractivity contribution in [2.75, 3.05) is 6.54 Å². The Morgan fingerprint density at radius 1 is 1.15 bits per heavy atom. The molecule has 0 atom stereocenters. The summed E-state index contributed by atoms with van der Waals surface area (Å²) in [6.07, 6.45) is 0.902. The minimum Gasteiger partial charge on any atom is -0.312 e. The molecule has 0 unspecified atom stereocenters. The second-order valence-corrected chi connectivity index (χ2v) is 5.37. The summed E-state index contributed by atoms with van der Waals surface area (Å²) in [6.45, 7) is 13.0. The zero-order valence-corrected chi connectivity index (χ0v) is 9.82. The van der Waals surface area contributed by atoms with E-state index < -0.39 is 0 Å². The van der Waals surface area contributed by atoms with Crippen LogP contribution in [0.1, 0.15) is 48.0 Å². The number of carbonyl (C=O) groups is 1. The molecule has 0 spiro atoms. The van der Waals surface area contributed by atoms with Crippen LogP contribution in [0.15, 0.2) is 0 Å². The molecule has 0 saturated heterocycles. The fourth-order valence-corrected chi connectivity index (χ4v) is 0.926. The van der Waals surface area contributed by atoms with Gasteiger partial charge in [0.1, 0.15) is 5.78 Å². The number of ketones is 1. The van der Waals surface area contributed by atoms with Gasteiger partial charge in [-0.2, -0.15) is 0 Å². The van der Waals surface area contributed by atoms with E-state index in [1.54, 1.807) is 6.92 Å². The third kappa shape index (κ3) is 5.81. The zero-order chi connectivity index (χ0) is 10.7. The number of carbonyl (C=O) groups excluding carboxylic acids is 1. The average Bonchev–Trinajstić information content (AvgIpc) is 1.82. The highest BCUT2D eigenvalue weighted by atomic mass is 16.1. The molecule has 0 fully saturated rings. The summed E-state index contributed by atoms with van der Waals surface area (Å²) in [5.74, 6) is 0.267. The summed E-state index contributed by atoms with van der Waals surface area (Å²) in [7, 11) is 0. The van der Waals surface area contributed by atoms with Gasteiger partial charge in [-0.25, -0.2) is 0 Å². The maximum Gasteiger partial charge on any atom is 0.135 e. The Morgan fingerprint density at radius 2 is 1.62 bits per heavy atom. The molecule has 0 aromatic carbocycles. The largest absolute Gasteiger partial charge is 0.312 e. The molecule has 78 valence electrons. The Balaban J connectivity index is 3.84. The van der Waals surface area contributed by atoms with Gasteiger partial charge in [-0.05, 0) is 40.7 Å². The molecule has 0 amide bonds. The number of hydrogen-bond donors (Lipinski definition) is 1. The molecule has 0 aliphatic rings. The standard InChI is InChI=1S/C11H23NO/c1-9(13)11(5,6)7-8-12-10(2,3)4/h12H,7-8H2,1-6H3. The SMILES string of the molecule is CC(=O)C(C)(C)CCNC(C)(C)C. The Hall–Kier alpha value is -0.370. The average molecular weight is 185 g/mol. The second-order valence-electron chi connectivity index (χ2n) is 5.37. The number of hydrogen-bond acceptors (Lipinski definition) is 2. The van der Waals surface area contributed by atoms with Crippen molar-refractivity contribution in [3.63, 3.8) is 0 Å². The second kappa shape index (κ2) is 4.23. The van der Waals surface area contributed by atoms with E-state index in [1.807, 2.05) is 13.8 Å². The summed E-state index contributed by atoms with van der Waals surface area (Å²) in [4.78, 5) is 11.2. The summed E-state index contributed by atoms with van der Waals surface area (Å²) in [5.41, 5.74) is -0.0366. The Bertz CT molecular complexity index is 177. The lowest BCUT2D eigenvalue weighted by molar-refractivity contribution is -0.125. The van der Waals surface area contributed by atoms with Gasteiger partial charge < -0.3 is 5.32 Å². The molecule has 0 heterocycles. The van der Waals surface area contributed by atoms with E-state index in [0.29, 0.717) is 0 Å². The van der Waals surface area contributed by atoms with E-state index in [0.717, 1.165) is 13.0 Å². The predicted molar refractivity (Wildman–Crippen MR) is 56.8 cm³/mol. The van der Waals surface area contributed by atoms with Crippen molar-refractivity contribution in [1.29, 1.82) is 0 Å². The van der Waals surface area contributed by atoms with Crippen molar-refractivity contribution in [2.45, 2.75) is 53.5 Å². The fourth-order valence-electron chi connectivity index (χ4n) is 0.926. The molecular formula is C11H23NO. The summed E-state index contributed by atoms with van der Waals surface area (Å²) >= 11 is 0. The molecular weight excluding hydrogens is 162 g/mol. The maximum atomic E-state index is 11.2. The van der Waals surface area contributed by atoms with Gasteiger partial charge in [0.05, 0.1) is 0 Å². The Morgan fingerprint density at radius 3 is 1.92 bits per heavy atom. The Kier molecular flexibility index (Phi) is 4.11. The topological polar surface area (TPSA) is 29.1 Å². The smallest absolute Gasteiger partial charge is 0.135 e. The highest BCUT2D eigenvalue weighted by Crippen LogP contribution is 2.20. The van der Waals surface area contributed by atoms with Crippen molar-refractivity contribution in [3.8, 4) is 0 Å². The zero-order valence-electron chi connectivity index (χ0n) is 9.82. The van der Waals surface area contributed by atoms with Crippen LogP contribution in [0, 0.1) is 5.41 Å². The number of nitrogens with one attached hydrogen (secondary N) is 1. The van der Waals surface area contributed by atoms with E-state index in [2.05, 4.69) is 26.1 Å². The molecule has 0 rings (SSSR count). The molecule has 0 aliphatic heterocycles. The van der Waals surface area contributed by atoms with Gasteiger partial charge in [-0.1, -0.05) is 13.8 Å². The van der Waals surface area contributed by atoms with Crippen LogP contribution in [-0.4, -0.2) is 17.9 Å². The normalized spacial score (nSPS) is 13.1. The van der Waals surface area contributed by atoms with E-state index >= 15 is 0 Å².